The largest absolute Gasteiger partial charge is 0.461 e. The number of aryl methyl sites for hydroxylation is 1. The predicted molar refractivity (Wildman–Crippen MR) is 70.6 cm³/mol. The monoisotopic (exact) mass is 264 g/mol. The number of hydrogen-bond donors (Lipinski definition) is 1. The molecule has 2 aromatic heterocycles. The lowest BCUT2D eigenvalue weighted by Gasteiger charge is -2.19. The number of aromatic nitrogens is 3. The van der Waals surface area contributed by atoms with Gasteiger partial charge in [0.15, 0.2) is 0 Å². The molecule has 0 unspecified atom stereocenters. The molecular weight excluding hydrogens is 244 g/mol. The first-order valence-electron chi connectivity index (χ1n) is 6.23. The van der Waals surface area contributed by atoms with Gasteiger partial charge in [0.1, 0.15) is 24.5 Å². The Morgan fingerprint density at radius 3 is 2.68 bits per heavy atom. The Balaban J connectivity index is 1.84. The maximum atomic E-state index is 5.66. The molecule has 0 spiro atoms. The summed E-state index contributed by atoms with van der Waals surface area (Å²) < 4.78 is 12.7. The zero-order valence-corrected chi connectivity index (χ0v) is 11.8. The molecule has 0 aliphatic carbocycles. The molecule has 0 saturated heterocycles. The molecule has 2 aromatic rings. The van der Waals surface area contributed by atoms with Crippen LogP contribution < -0.4 is 10.1 Å². The van der Waals surface area contributed by atoms with E-state index in [4.69, 9.17) is 9.15 Å². The highest BCUT2D eigenvalue weighted by molar-refractivity contribution is 5.07. The highest BCUT2D eigenvalue weighted by Gasteiger charge is 2.10. The zero-order valence-electron chi connectivity index (χ0n) is 11.8. The molecule has 0 amide bonds. The van der Waals surface area contributed by atoms with E-state index in [9.17, 15) is 0 Å². The Bertz CT molecular complexity index is 525. The fraction of sp³-hybridized carbons (Fsp3) is 0.538. The Hall–Kier alpha value is -1.82. The minimum Gasteiger partial charge on any atom is -0.461 e. The van der Waals surface area contributed by atoms with Crippen LogP contribution in [0.25, 0.3) is 0 Å². The second-order valence-electron chi connectivity index (χ2n) is 5.46. The number of nitrogens with zero attached hydrogens (tertiary/aromatic N) is 3. The van der Waals surface area contributed by atoms with Gasteiger partial charge < -0.3 is 14.5 Å². The maximum Gasteiger partial charge on any atom is 0.335 e. The van der Waals surface area contributed by atoms with Crippen LogP contribution in [-0.2, 0) is 20.2 Å². The van der Waals surface area contributed by atoms with Crippen LogP contribution in [0.3, 0.4) is 0 Å². The molecule has 0 aliphatic heterocycles. The van der Waals surface area contributed by atoms with Crippen molar-refractivity contribution in [3.05, 3.63) is 30.0 Å². The molecule has 19 heavy (non-hydrogen) atoms. The van der Waals surface area contributed by atoms with Crippen LogP contribution in [0.5, 0.6) is 6.01 Å². The van der Waals surface area contributed by atoms with Crippen LogP contribution in [-0.4, -0.2) is 20.3 Å². The van der Waals surface area contributed by atoms with Gasteiger partial charge in [-0.25, -0.2) is 0 Å². The standard InChI is InChI=1S/C13H20N4O2/c1-13(2,3)15-7-10-5-6-11(19-10)8-18-12-14-9-17(4)16-12/h5-6,9,15H,7-8H2,1-4H3. The molecule has 6 nitrogen and oxygen atoms in total. The lowest BCUT2D eigenvalue weighted by molar-refractivity contribution is 0.244. The summed E-state index contributed by atoms with van der Waals surface area (Å²) in [6.07, 6.45) is 1.59. The van der Waals surface area contributed by atoms with Crippen molar-refractivity contribution in [3.8, 4) is 6.01 Å². The van der Waals surface area contributed by atoms with E-state index in [1.54, 1.807) is 18.1 Å². The Morgan fingerprint density at radius 1 is 1.32 bits per heavy atom. The predicted octanol–water partition coefficient (Wildman–Crippen LogP) is 1.88. The lowest BCUT2D eigenvalue weighted by atomic mass is 10.1. The number of nitrogens with one attached hydrogen (secondary N) is 1. The minimum atomic E-state index is 0.0708. The Morgan fingerprint density at radius 2 is 2.05 bits per heavy atom. The summed E-state index contributed by atoms with van der Waals surface area (Å²) in [7, 11) is 1.79. The van der Waals surface area contributed by atoms with Gasteiger partial charge in [-0.15, -0.1) is 5.10 Å². The molecule has 0 bridgehead atoms. The van der Waals surface area contributed by atoms with Gasteiger partial charge in [0.2, 0.25) is 0 Å². The van der Waals surface area contributed by atoms with Crippen LogP contribution in [0.15, 0.2) is 22.9 Å². The van der Waals surface area contributed by atoms with Crippen LogP contribution in [0.4, 0.5) is 0 Å². The first-order valence-corrected chi connectivity index (χ1v) is 6.23. The van der Waals surface area contributed by atoms with Gasteiger partial charge in [0.05, 0.1) is 6.54 Å². The number of furan rings is 1. The minimum absolute atomic E-state index is 0.0708. The van der Waals surface area contributed by atoms with E-state index in [1.807, 2.05) is 12.1 Å². The second-order valence-corrected chi connectivity index (χ2v) is 5.46. The zero-order chi connectivity index (χ0) is 13.9. The van der Waals surface area contributed by atoms with Gasteiger partial charge in [-0.3, -0.25) is 4.68 Å². The van der Waals surface area contributed by atoms with Crippen molar-refractivity contribution in [2.75, 3.05) is 0 Å². The lowest BCUT2D eigenvalue weighted by Crippen LogP contribution is -2.34. The van der Waals surface area contributed by atoms with Crippen molar-refractivity contribution in [1.29, 1.82) is 0 Å². The van der Waals surface area contributed by atoms with E-state index in [0.717, 1.165) is 11.5 Å². The molecule has 0 saturated carbocycles. The van der Waals surface area contributed by atoms with E-state index in [0.29, 0.717) is 19.2 Å². The first-order chi connectivity index (χ1) is 8.92. The third-order valence-corrected chi connectivity index (χ3v) is 2.43. The van der Waals surface area contributed by atoms with Gasteiger partial charge >= 0.3 is 6.01 Å². The molecule has 0 radical (unpaired) electrons. The molecule has 0 atom stereocenters. The van der Waals surface area contributed by atoms with E-state index in [2.05, 4.69) is 36.2 Å². The SMILES string of the molecule is Cn1cnc(OCc2ccc(CNC(C)(C)C)o2)n1. The number of hydrogen-bond acceptors (Lipinski definition) is 5. The summed E-state index contributed by atoms with van der Waals surface area (Å²) in [6.45, 7) is 7.39. The summed E-state index contributed by atoms with van der Waals surface area (Å²) in [6, 6.07) is 4.21. The summed E-state index contributed by atoms with van der Waals surface area (Å²) in [5.74, 6) is 1.65. The fourth-order valence-electron chi connectivity index (χ4n) is 1.47. The Kier molecular flexibility index (Phi) is 3.90. The highest BCUT2D eigenvalue weighted by atomic mass is 16.5. The van der Waals surface area contributed by atoms with Gasteiger partial charge in [-0.2, -0.15) is 4.98 Å². The molecule has 2 rings (SSSR count). The van der Waals surface area contributed by atoms with Gasteiger partial charge in [-0.1, -0.05) is 0 Å². The van der Waals surface area contributed by atoms with Crippen LogP contribution in [0, 0.1) is 0 Å². The van der Waals surface area contributed by atoms with Gasteiger partial charge in [0, 0.05) is 12.6 Å². The summed E-state index contributed by atoms with van der Waals surface area (Å²) >= 11 is 0. The molecule has 2 heterocycles. The van der Waals surface area contributed by atoms with E-state index in [1.165, 1.54) is 0 Å². The molecule has 0 aliphatic rings. The van der Waals surface area contributed by atoms with Crippen molar-refractivity contribution in [2.45, 2.75) is 39.5 Å². The Labute approximate surface area is 112 Å². The molecule has 0 fully saturated rings. The van der Waals surface area contributed by atoms with Crippen LogP contribution in [0.1, 0.15) is 32.3 Å². The average molecular weight is 264 g/mol. The van der Waals surface area contributed by atoms with Crippen molar-refractivity contribution >= 4 is 0 Å². The summed E-state index contributed by atoms with van der Waals surface area (Å²) in [4.78, 5) is 3.98. The molecule has 6 heteroatoms. The van der Waals surface area contributed by atoms with Crippen molar-refractivity contribution in [1.82, 2.24) is 20.1 Å². The van der Waals surface area contributed by atoms with E-state index in [-0.39, 0.29) is 5.54 Å². The summed E-state index contributed by atoms with van der Waals surface area (Å²) in [5.41, 5.74) is 0.0708. The first kappa shape index (κ1) is 13.6. The maximum absolute atomic E-state index is 5.66. The quantitative estimate of drug-likeness (QED) is 0.893. The topological polar surface area (TPSA) is 65.1 Å². The van der Waals surface area contributed by atoms with E-state index < -0.39 is 0 Å². The fourth-order valence-corrected chi connectivity index (χ4v) is 1.47. The van der Waals surface area contributed by atoms with Gasteiger partial charge in [0.25, 0.3) is 0 Å². The second kappa shape index (κ2) is 5.44. The molecular formula is C13H20N4O2. The smallest absolute Gasteiger partial charge is 0.335 e. The third-order valence-electron chi connectivity index (χ3n) is 2.43. The van der Waals surface area contributed by atoms with Gasteiger partial charge in [-0.05, 0) is 32.9 Å². The van der Waals surface area contributed by atoms with E-state index >= 15 is 0 Å². The van der Waals surface area contributed by atoms with Crippen LogP contribution in [0.2, 0.25) is 0 Å². The molecule has 1 N–H and O–H groups in total. The molecule has 0 aromatic carbocycles. The molecule has 104 valence electrons. The average Bonchev–Trinajstić information content (AvgIpc) is 2.92. The summed E-state index contributed by atoms with van der Waals surface area (Å²) in [5, 5.41) is 7.40. The van der Waals surface area contributed by atoms with Crippen LogP contribution >= 0.6 is 0 Å². The number of rotatable bonds is 5. The third kappa shape index (κ3) is 4.40. The normalized spacial score (nSPS) is 11.8. The van der Waals surface area contributed by atoms with Crippen molar-refractivity contribution in [2.24, 2.45) is 7.05 Å². The number of ether oxygens (including phenoxy) is 1. The highest BCUT2D eigenvalue weighted by Crippen LogP contribution is 2.11. The van der Waals surface area contributed by atoms with Crippen molar-refractivity contribution in [3.63, 3.8) is 0 Å². The van der Waals surface area contributed by atoms with Crippen molar-refractivity contribution < 1.29 is 9.15 Å².